The molecule has 0 nitrogen and oxygen atoms in total. The minimum atomic E-state index is -1.76. The van der Waals surface area contributed by atoms with E-state index < -0.39 is 18.9 Å². The Morgan fingerprint density at radius 2 is 1.63 bits per heavy atom. The van der Waals surface area contributed by atoms with Crippen molar-refractivity contribution in [2.75, 3.05) is 0 Å². The molecule has 0 radical (unpaired) electrons. The molecular formula is C24H20Cl2Zr-2. The van der Waals surface area contributed by atoms with Crippen LogP contribution >= 0.6 is 17.0 Å². The first-order valence-corrected chi connectivity index (χ1v) is 16.6. The molecule has 0 bridgehead atoms. The van der Waals surface area contributed by atoms with Crippen LogP contribution in [0.1, 0.15) is 18.1 Å². The summed E-state index contributed by atoms with van der Waals surface area (Å²) in [7, 11) is 10.7. The van der Waals surface area contributed by atoms with Crippen LogP contribution in [-0.4, -0.2) is 3.71 Å². The van der Waals surface area contributed by atoms with E-state index in [1.165, 1.54) is 33.0 Å². The van der Waals surface area contributed by atoms with E-state index in [1.54, 1.807) is 0 Å². The Labute approximate surface area is 176 Å². The van der Waals surface area contributed by atoms with Gasteiger partial charge in [-0.1, -0.05) is 41.5 Å². The number of fused-ring (bicyclic) bond motifs is 4. The van der Waals surface area contributed by atoms with Crippen LogP contribution in [0.2, 0.25) is 0 Å². The molecule has 27 heavy (non-hydrogen) atoms. The molecule has 5 rings (SSSR count). The van der Waals surface area contributed by atoms with E-state index in [1.807, 2.05) is 16.7 Å². The first-order valence-electron chi connectivity index (χ1n) is 8.84. The van der Waals surface area contributed by atoms with Crippen molar-refractivity contribution in [2.24, 2.45) is 0 Å². The molecule has 0 N–H and O–H groups in total. The SMILES string of the molecule is C[CH]=[Zr]([Cl])[Cl].[c-]1cccc2c1Cc1ccccc1-2.c1ccc2[cH-]ccc2c1. The molecule has 0 heterocycles. The van der Waals surface area contributed by atoms with Gasteiger partial charge >= 0.3 is 46.5 Å². The third kappa shape index (κ3) is 5.55. The molecule has 0 saturated carbocycles. The quantitative estimate of drug-likeness (QED) is 0.208. The molecule has 3 heteroatoms. The van der Waals surface area contributed by atoms with Gasteiger partial charge in [-0.2, -0.15) is 47.3 Å². The number of rotatable bonds is 0. The standard InChI is InChI=1S/C13H9.C9H7.C2H4.2ClH.Zr/c1-3-7-12-10(5-1)9-11-6-2-4-8-13(11)12;1-2-5-9-7-3-6-8(9)4-1;1-2;;;/h1-5,7-8H,9H2;1-7H;1H,2H3;2*1H;/q2*-1;;;;+2/p-2. The Bertz CT molecular complexity index is 969. The smallest absolute Gasteiger partial charge is 0.0253 e. The van der Waals surface area contributed by atoms with E-state index in [-0.39, 0.29) is 0 Å². The minimum absolute atomic E-state index is 1.05. The largest absolute Gasteiger partial charge is 0.179 e. The molecule has 1 aliphatic rings. The first-order chi connectivity index (χ1) is 13.2. The Kier molecular flexibility index (Phi) is 7.71. The molecule has 1 aliphatic carbocycles. The fourth-order valence-electron chi connectivity index (χ4n) is 3.07. The van der Waals surface area contributed by atoms with E-state index in [0.29, 0.717) is 0 Å². The van der Waals surface area contributed by atoms with Gasteiger partial charge in [0.25, 0.3) is 0 Å². The van der Waals surface area contributed by atoms with E-state index >= 15 is 0 Å². The molecule has 0 aromatic heterocycles. The molecule has 0 saturated heterocycles. The number of hydrogen-bond donors (Lipinski definition) is 0. The molecule has 0 amide bonds. The van der Waals surface area contributed by atoms with Crippen LogP contribution in [-0.2, 0) is 25.3 Å². The second-order valence-electron chi connectivity index (χ2n) is 6.13. The van der Waals surface area contributed by atoms with Gasteiger partial charge in [0.1, 0.15) is 0 Å². The number of halogens is 2. The summed E-state index contributed by atoms with van der Waals surface area (Å²) >= 11 is -1.76. The van der Waals surface area contributed by atoms with Crippen molar-refractivity contribution in [3.05, 3.63) is 102 Å². The summed E-state index contributed by atoms with van der Waals surface area (Å²) in [6.07, 6.45) is 1.05. The summed E-state index contributed by atoms with van der Waals surface area (Å²) < 4.78 is 1.89. The second kappa shape index (κ2) is 10.2. The van der Waals surface area contributed by atoms with Crippen molar-refractivity contribution in [3.8, 4) is 11.1 Å². The van der Waals surface area contributed by atoms with Gasteiger partial charge in [0.2, 0.25) is 0 Å². The van der Waals surface area contributed by atoms with Crippen molar-refractivity contribution in [2.45, 2.75) is 13.3 Å². The van der Waals surface area contributed by atoms with Crippen LogP contribution in [0, 0.1) is 6.07 Å². The normalized spacial score (nSPS) is 10.6. The van der Waals surface area contributed by atoms with Crippen LogP contribution in [0.25, 0.3) is 21.9 Å². The Morgan fingerprint density at radius 3 is 2.41 bits per heavy atom. The van der Waals surface area contributed by atoms with Gasteiger partial charge in [0.05, 0.1) is 0 Å². The molecule has 0 aliphatic heterocycles. The van der Waals surface area contributed by atoms with Crippen molar-refractivity contribution >= 4 is 31.5 Å². The van der Waals surface area contributed by atoms with Gasteiger partial charge in [0.15, 0.2) is 0 Å². The predicted molar refractivity (Wildman–Crippen MR) is 117 cm³/mol. The Morgan fingerprint density at radius 1 is 0.926 bits per heavy atom. The first kappa shape index (κ1) is 20.3. The predicted octanol–water partition coefficient (Wildman–Crippen LogP) is 7.35. The van der Waals surface area contributed by atoms with Crippen LogP contribution in [0.4, 0.5) is 0 Å². The molecule has 0 fully saturated rings. The van der Waals surface area contributed by atoms with Crippen molar-refractivity contribution in [3.63, 3.8) is 0 Å². The fraction of sp³-hybridized carbons (Fsp3) is 0.0833. The van der Waals surface area contributed by atoms with Crippen LogP contribution in [0.15, 0.2) is 84.9 Å². The zero-order valence-corrected chi connectivity index (χ0v) is 19.1. The summed E-state index contributed by atoms with van der Waals surface area (Å²) in [6, 6.07) is 32.8. The molecule has 0 atom stereocenters. The van der Waals surface area contributed by atoms with Gasteiger partial charge in [-0.25, -0.2) is 0 Å². The van der Waals surface area contributed by atoms with E-state index in [9.17, 15) is 0 Å². The summed E-state index contributed by atoms with van der Waals surface area (Å²) in [5, 5.41) is 2.66. The summed E-state index contributed by atoms with van der Waals surface area (Å²) in [5.41, 5.74) is 5.51. The van der Waals surface area contributed by atoms with E-state index in [0.717, 1.165) is 6.42 Å². The van der Waals surface area contributed by atoms with Crippen molar-refractivity contribution in [1.29, 1.82) is 0 Å². The Balaban J connectivity index is 0.000000131. The van der Waals surface area contributed by atoms with Crippen LogP contribution in [0.5, 0.6) is 0 Å². The number of benzene rings is 3. The van der Waals surface area contributed by atoms with Crippen molar-refractivity contribution in [1.82, 2.24) is 0 Å². The van der Waals surface area contributed by atoms with Gasteiger partial charge < -0.3 is 0 Å². The van der Waals surface area contributed by atoms with Gasteiger partial charge in [-0.05, 0) is 6.42 Å². The minimum Gasteiger partial charge on any atom is -0.179 e. The molecule has 4 aromatic carbocycles. The summed E-state index contributed by atoms with van der Waals surface area (Å²) in [5.74, 6) is 0. The third-order valence-electron chi connectivity index (χ3n) is 4.38. The average molecular weight is 471 g/mol. The molecule has 0 spiro atoms. The van der Waals surface area contributed by atoms with Gasteiger partial charge in [-0.15, -0.1) is 35.2 Å². The van der Waals surface area contributed by atoms with Gasteiger partial charge in [-0.3, -0.25) is 0 Å². The van der Waals surface area contributed by atoms with Crippen molar-refractivity contribution < 1.29 is 18.9 Å². The number of hydrogen-bond acceptors (Lipinski definition) is 0. The van der Waals surface area contributed by atoms with E-state index in [4.69, 9.17) is 17.0 Å². The molecular weight excluding hydrogens is 450 g/mol. The topological polar surface area (TPSA) is 0 Å². The zero-order valence-electron chi connectivity index (χ0n) is 15.1. The monoisotopic (exact) mass is 468 g/mol. The maximum Gasteiger partial charge on any atom is -0.0253 e. The maximum absolute atomic E-state index is 5.37. The van der Waals surface area contributed by atoms with Crippen LogP contribution < -0.4 is 0 Å². The molecule has 136 valence electrons. The van der Waals surface area contributed by atoms with Gasteiger partial charge in [0, 0.05) is 0 Å². The second-order valence-corrected chi connectivity index (χ2v) is 14.9. The van der Waals surface area contributed by atoms with Crippen LogP contribution in [0.3, 0.4) is 0 Å². The average Bonchev–Trinajstić information content (AvgIpc) is 3.33. The summed E-state index contributed by atoms with van der Waals surface area (Å²) in [4.78, 5) is 0. The molecule has 4 aromatic rings. The zero-order chi connectivity index (χ0) is 19.1. The molecule has 0 unspecified atom stereocenters. The summed E-state index contributed by atoms with van der Waals surface area (Å²) in [6.45, 7) is 1.90. The van der Waals surface area contributed by atoms with E-state index in [2.05, 4.69) is 84.9 Å². The third-order valence-corrected chi connectivity index (χ3v) is 8.04. The fourth-order valence-corrected chi connectivity index (χ4v) is 3.07. The maximum atomic E-state index is 5.37. The Hall–Kier alpha value is -1.40.